The maximum absolute atomic E-state index is 12.2. The molecule has 2 N–H and O–H groups in total. The van der Waals surface area contributed by atoms with Crippen molar-refractivity contribution in [2.45, 2.75) is 12.5 Å². The Hall–Kier alpha value is -1.52. The summed E-state index contributed by atoms with van der Waals surface area (Å²) in [6.45, 7) is 1.20. The third kappa shape index (κ3) is 2.60. The normalized spacial score (nSPS) is 16.8. The van der Waals surface area contributed by atoms with Crippen molar-refractivity contribution in [3.8, 4) is 0 Å². The summed E-state index contributed by atoms with van der Waals surface area (Å²) < 4.78 is 0.747. The number of amides is 1. The number of thiophene rings is 1. The van der Waals surface area contributed by atoms with Gasteiger partial charge in [-0.1, -0.05) is 29.8 Å². The van der Waals surface area contributed by atoms with Crippen molar-refractivity contribution in [3.63, 3.8) is 0 Å². The lowest BCUT2D eigenvalue weighted by Gasteiger charge is -2.10. The number of hydrogen-bond donors (Lipinski definition) is 2. The van der Waals surface area contributed by atoms with Crippen LogP contribution < -0.4 is 10.6 Å². The van der Waals surface area contributed by atoms with Gasteiger partial charge < -0.3 is 10.6 Å². The van der Waals surface area contributed by atoms with Crippen molar-refractivity contribution < 1.29 is 4.79 Å². The van der Waals surface area contributed by atoms with Gasteiger partial charge in [0.1, 0.15) is 0 Å². The van der Waals surface area contributed by atoms with Crippen LogP contribution in [0.2, 0.25) is 4.34 Å². The average molecular weight is 293 g/mol. The maximum atomic E-state index is 12.2. The van der Waals surface area contributed by atoms with Crippen LogP contribution in [0, 0.1) is 0 Å². The summed E-state index contributed by atoms with van der Waals surface area (Å²) in [5.74, 6) is -0.0476. The summed E-state index contributed by atoms with van der Waals surface area (Å²) in [6, 6.07) is 11.7. The predicted octanol–water partition coefficient (Wildman–Crippen LogP) is 3.23. The molecular weight excluding hydrogens is 280 g/mol. The van der Waals surface area contributed by atoms with Gasteiger partial charge in [-0.3, -0.25) is 4.79 Å². The molecule has 1 aliphatic heterocycles. The number of carbonyl (C=O) groups is 1. The van der Waals surface area contributed by atoms with Gasteiger partial charge in [0.05, 0.1) is 16.8 Å². The van der Waals surface area contributed by atoms with Gasteiger partial charge in [-0.15, -0.1) is 11.3 Å². The molecule has 1 atom stereocenters. The summed E-state index contributed by atoms with van der Waals surface area (Å²) in [5, 5.41) is 6.22. The number of halogens is 1. The molecule has 0 fully saturated rings. The number of benzene rings is 1. The standard InChI is InChI=1S/C14H13ClN2OS/c15-13-6-5-9(19-13)7-17-14(18)11-8-16-12-4-2-1-3-10(11)12/h1-6,11,16H,7-8H2,(H,17,18). The lowest BCUT2D eigenvalue weighted by molar-refractivity contribution is -0.122. The van der Waals surface area contributed by atoms with Crippen molar-refractivity contribution in [2.75, 3.05) is 11.9 Å². The molecule has 0 radical (unpaired) electrons. The fourth-order valence-corrected chi connectivity index (χ4v) is 3.29. The Kier molecular flexibility index (Phi) is 3.44. The van der Waals surface area contributed by atoms with E-state index < -0.39 is 0 Å². The smallest absolute Gasteiger partial charge is 0.229 e. The quantitative estimate of drug-likeness (QED) is 0.912. The van der Waals surface area contributed by atoms with Crippen LogP contribution in [0.25, 0.3) is 0 Å². The van der Waals surface area contributed by atoms with Crippen molar-refractivity contribution in [1.29, 1.82) is 0 Å². The topological polar surface area (TPSA) is 41.1 Å². The monoisotopic (exact) mass is 292 g/mol. The van der Waals surface area contributed by atoms with E-state index in [1.54, 1.807) is 0 Å². The molecule has 1 aliphatic rings. The fourth-order valence-electron chi connectivity index (χ4n) is 2.26. The number of carbonyl (C=O) groups excluding carboxylic acids is 1. The Bertz CT molecular complexity index is 611. The highest BCUT2D eigenvalue weighted by Crippen LogP contribution is 2.31. The molecule has 2 heterocycles. The van der Waals surface area contributed by atoms with Gasteiger partial charge in [-0.05, 0) is 23.8 Å². The Balaban J connectivity index is 1.66. The second kappa shape index (κ2) is 5.23. The number of fused-ring (bicyclic) bond motifs is 1. The second-order valence-electron chi connectivity index (χ2n) is 4.44. The van der Waals surface area contributed by atoms with Gasteiger partial charge in [0, 0.05) is 17.1 Å². The molecular formula is C14H13ClN2OS. The van der Waals surface area contributed by atoms with Gasteiger partial charge in [0.15, 0.2) is 0 Å². The molecule has 5 heteroatoms. The summed E-state index contributed by atoms with van der Waals surface area (Å²) in [4.78, 5) is 13.3. The molecule has 19 heavy (non-hydrogen) atoms. The van der Waals surface area contributed by atoms with E-state index in [2.05, 4.69) is 10.6 Å². The molecule has 98 valence electrons. The number of para-hydroxylation sites is 1. The van der Waals surface area contributed by atoms with Crippen molar-refractivity contribution >= 4 is 34.5 Å². The molecule has 0 saturated heterocycles. The van der Waals surface area contributed by atoms with E-state index in [4.69, 9.17) is 11.6 Å². The largest absolute Gasteiger partial charge is 0.384 e. The number of anilines is 1. The Morgan fingerprint density at radius 1 is 1.37 bits per heavy atom. The van der Waals surface area contributed by atoms with Crippen molar-refractivity contribution in [3.05, 3.63) is 51.2 Å². The molecule has 0 saturated carbocycles. The molecule has 1 unspecified atom stereocenters. The van der Waals surface area contributed by atoms with E-state index in [0.717, 1.165) is 20.5 Å². The average Bonchev–Trinajstić information content (AvgIpc) is 3.02. The van der Waals surface area contributed by atoms with Crippen LogP contribution in [0.1, 0.15) is 16.4 Å². The van der Waals surface area contributed by atoms with E-state index in [1.807, 2.05) is 36.4 Å². The highest BCUT2D eigenvalue weighted by molar-refractivity contribution is 7.16. The molecule has 1 aromatic heterocycles. The zero-order valence-electron chi connectivity index (χ0n) is 10.2. The van der Waals surface area contributed by atoms with Gasteiger partial charge in [-0.25, -0.2) is 0 Å². The number of nitrogens with one attached hydrogen (secondary N) is 2. The third-order valence-electron chi connectivity index (χ3n) is 3.22. The molecule has 0 aliphatic carbocycles. The summed E-state index contributed by atoms with van der Waals surface area (Å²) in [5.41, 5.74) is 2.13. The van der Waals surface area contributed by atoms with Crippen molar-refractivity contribution in [1.82, 2.24) is 5.32 Å². The van der Waals surface area contributed by atoms with Crippen LogP contribution in [0.5, 0.6) is 0 Å². The molecule has 3 rings (SSSR count). The fraction of sp³-hybridized carbons (Fsp3) is 0.214. The predicted molar refractivity (Wildman–Crippen MR) is 78.8 cm³/mol. The minimum Gasteiger partial charge on any atom is -0.384 e. The van der Waals surface area contributed by atoms with E-state index in [0.29, 0.717) is 13.1 Å². The van der Waals surface area contributed by atoms with E-state index in [-0.39, 0.29) is 11.8 Å². The highest BCUT2D eigenvalue weighted by Gasteiger charge is 2.27. The molecule has 2 aromatic rings. The van der Waals surface area contributed by atoms with E-state index in [1.165, 1.54) is 11.3 Å². The Labute approximate surface area is 120 Å². The van der Waals surface area contributed by atoms with Gasteiger partial charge >= 0.3 is 0 Å². The van der Waals surface area contributed by atoms with Crippen LogP contribution in [-0.4, -0.2) is 12.5 Å². The van der Waals surface area contributed by atoms with E-state index in [9.17, 15) is 4.79 Å². The van der Waals surface area contributed by atoms with Gasteiger partial charge in [-0.2, -0.15) is 0 Å². The molecule has 1 amide bonds. The summed E-state index contributed by atoms with van der Waals surface area (Å²) >= 11 is 7.36. The minimum absolute atomic E-state index is 0.0574. The lowest BCUT2D eigenvalue weighted by atomic mass is 10.0. The first-order valence-electron chi connectivity index (χ1n) is 6.09. The van der Waals surface area contributed by atoms with Crippen molar-refractivity contribution in [2.24, 2.45) is 0 Å². The molecule has 0 bridgehead atoms. The molecule has 1 aromatic carbocycles. The van der Waals surface area contributed by atoms with E-state index >= 15 is 0 Å². The first-order valence-corrected chi connectivity index (χ1v) is 7.28. The zero-order valence-corrected chi connectivity index (χ0v) is 11.7. The minimum atomic E-state index is -0.105. The SMILES string of the molecule is O=C(NCc1ccc(Cl)s1)C1CNc2ccccc21. The first kappa shape index (κ1) is 12.5. The highest BCUT2D eigenvalue weighted by atomic mass is 35.5. The third-order valence-corrected chi connectivity index (χ3v) is 4.45. The number of hydrogen-bond acceptors (Lipinski definition) is 3. The van der Waals surface area contributed by atoms with Crippen LogP contribution in [-0.2, 0) is 11.3 Å². The second-order valence-corrected chi connectivity index (χ2v) is 6.24. The number of rotatable bonds is 3. The zero-order chi connectivity index (χ0) is 13.2. The molecule has 0 spiro atoms. The maximum Gasteiger partial charge on any atom is 0.229 e. The first-order chi connectivity index (χ1) is 9.24. The van der Waals surface area contributed by atoms with Gasteiger partial charge in [0.25, 0.3) is 0 Å². The van der Waals surface area contributed by atoms with Crippen LogP contribution in [0.15, 0.2) is 36.4 Å². The summed E-state index contributed by atoms with van der Waals surface area (Å²) in [6.07, 6.45) is 0. The van der Waals surface area contributed by atoms with Gasteiger partial charge in [0.2, 0.25) is 5.91 Å². The van der Waals surface area contributed by atoms with Crippen LogP contribution >= 0.6 is 22.9 Å². The van der Waals surface area contributed by atoms with Crippen LogP contribution in [0.4, 0.5) is 5.69 Å². The lowest BCUT2D eigenvalue weighted by Crippen LogP contribution is -2.29. The Morgan fingerprint density at radius 3 is 3.00 bits per heavy atom. The summed E-state index contributed by atoms with van der Waals surface area (Å²) in [7, 11) is 0. The molecule has 3 nitrogen and oxygen atoms in total. The Morgan fingerprint density at radius 2 is 2.21 bits per heavy atom. The van der Waals surface area contributed by atoms with Crippen LogP contribution in [0.3, 0.4) is 0 Å².